The Labute approximate surface area is 123 Å². The maximum absolute atomic E-state index is 11.4. The Hall–Kier alpha value is -1.68. The van der Waals surface area contributed by atoms with E-state index in [2.05, 4.69) is 10.3 Å². The number of aromatic hydroxyl groups is 1. The van der Waals surface area contributed by atoms with Crippen LogP contribution >= 0.6 is 11.6 Å². The number of Topliss-reactive ketones (excluding diaryl/α,β-unsaturated/α-hetero) is 1. The number of halogens is 1. The summed E-state index contributed by atoms with van der Waals surface area (Å²) in [5, 5.41) is 14.1. The number of carbonyl (C=O) groups excluding carboxylic acids is 1. The molecule has 0 aliphatic carbocycles. The first-order chi connectivity index (χ1) is 9.61. The zero-order valence-electron chi connectivity index (χ0n) is 11.9. The molecule has 0 spiro atoms. The Kier molecular flexibility index (Phi) is 4.23. The maximum atomic E-state index is 11.4. The number of aromatic amines is 1. The first-order valence-corrected chi connectivity index (χ1v) is 7.34. The fourth-order valence-electron chi connectivity index (χ4n) is 2.54. The van der Waals surface area contributed by atoms with Crippen LogP contribution in [0.15, 0.2) is 12.1 Å². The molecule has 2 heterocycles. The number of H-pyrrole nitrogens is 1. The lowest BCUT2D eigenvalue weighted by Crippen LogP contribution is -2.02. The van der Waals surface area contributed by atoms with Gasteiger partial charge in [-0.05, 0) is 11.6 Å². The molecule has 5 heteroatoms. The molecule has 1 aliphatic heterocycles. The van der Waals surface area contributed by atoms with Crippen molar-refractivity contribution in [2.45, 2.75) is 26.7 Å². The van der Waals surface area contributed by atoms with E-state index in [1.54, 1.807) is 12.1 Å². The Morgan fingerprint density at radius 1 is 1.45 bits per heavy atom. The van der Waals surface area contributed by atoms with E-state index in [1.807, 2.05) is 13.8 Å². The summed E-state index contributed by atoms with van der Waals surface area (Å²) in [6.45, 7) is 6.26. The summed E-state index contributed by atoms with van der Waals surface area (Å²) in [6, 6.07) is 3.48. The molecular weight excluding hydrogens is 276 g/mol. The molecule has 1 aromatic heterocycles. The predicted octanol–water partition coefficient (Wildman–Crippen LogP) is 3.85. The smallest absolute Gasteiger partial charge is 0.175 e. The summed E-state index contributed by atoms with van der Waals surface area (Å²) in [4.78, 5) is 14.4. The Bertz CT molecular complexity index is 649. The van der Waals surface area contributed by atoms with Crippen molar-refractivity contribution in [3.63, 3.8) is 0 Å². The number of aromatic nitrogens is 1. The number of ketones is 1. The van der Waals surface area contributed by atoms with Gasteiger partial charge in [0.15, 0.2) is 5.78 Å². The van der Waals surface area contributed by atoms with Gasteiger partial charge in [0.1, 0.15) is 5.75 Å². The van der Waals surface area contributed by atoms with Crippen molar-refractivity contribution in [1.29, 1.82) is 0 Å². The molecule has 1 unspecified atom stereocenters. The van der Waals surface area contributed by atoms with Crippen LogP contribution in [0.4, 0.5) is 5.69 Å². The second-order valence-corrected chi connectivity index (χ2v) is 4.93. The number of rotatable bonds is 2. The van der Waals surface area contributed by atoms with Gasteiger partial charge < -0.3 is 15.4 Å². The number of nitrogens with one attached hydrogen (secondary N) is 2. The van der Waals surface area contributed by atoms with E-state index in [0.29, 0.717) is 17.1 Å². The van der Waals surface area contributed by atoms with Crippen LogP contribution in [0.5, 0.6) is 5.75 Å². The summed E-state index contributed by atoms with van der Waals surface area (Å²) >= 11 is 5.97. The number of anilines is 1. The van der Waals surface area contributed by atoms with E-state index < -0.39 is 0 Å². The van der Waals surface area contributed by atoms with Crippen LogP contribution in [0.1, 0.15) is 42.7 Å². The zero-order chi connectivity index (χ0) is 14.9. The van der Waals surface area contributed by atoms with Crippen LogP contribution in [0.2, 0.25) is 0 Å². The van der Waals surface area contributed by atoms with E-state index in [0.717, 1.165) is 23.2 Å². The molecule has 0 bridgehead atoms. The number of alkyl halides is 1. The van der Waals surface area contributed by atoms with Crippen LogP contribution in [-0.2, 0) is 0 Å². The lowest BCUT2D eigenvalue weighted by Gasteiger charge is -2.07. The number of phenols is 1. The molecular formula is C15H19ClN2O2. The SMILES string of the molecule is CC.CC(=O)c1cc2c3c(cc(O)c2[nH]1)NCC3CCl. The van der Waals surface area contributed by atoms with Crippen molar-refractivity contribution in [2.24, 2.45) is 0 Å². The van der Waals surface area contributed by atoms with Crippen molar-refractivity contribution in [3.05, 3.63) is 23.4 Å². The molecule has 4 nitrogen and oxygen atoms in total. The van der Waals surface area contributed by atoms with E-state index in [4.69, 9.17) is 11.6 Å². The highest BCUT2D eigenvalue weighted by Gasteiger charge is 2.26. The van der Waals surface area contributed by atoms with Gasteiger partial charge in [-0.15, -0.1) is 11.6 Å². The zero-order valence-corrected chi connectivity index (χ0v) is 12.6. The highest BCUT2D eigenvalue weighted by atomic mass is 35.5. The largest absolute Gasteiger partial charge is 0.506 e. The molecule has 1 aromatic carbocycles. The second-order valence-electron chi connectivity index (χ2n) is 4.62. The highest BCUT2D eigenvalue weighted by Crippen LogP contribution is 2.42. The van der Waals surface area contributed by atoms with Crippen molar-refractivity contribution < 1.29 is 9.90 Å². The third-order valence-electron chi connectivity index (χ3n) is 3.45. The van der Waals surface area contributed by atoms with E-state index >= 15 is 0 Å². The summed E-state index contributed by atoms with van der Waals surface area (Å²) in [5.41, 5.74) is 3.10. The molecule has 3 N–H and O–H groups in total. The van der Waals surface area contributed by atoms with Crippen molar-refractivity contribution in [3.8, 4) is 5.75 Å². The molecule has 20 heavy (non-hydrogen) atoms. The number of fused-ring (bicyclic) bond motifs is 3. The van der Waals surface area contributed by atoms with Crippen molar-refractivity contribution in [2.75, 3.05) is 17.7 Å². The minimum Gasteiger partial charge on any atom is -0.506 e. The van der Waals surface area contributed by atoms with Gasteiger partial charge in [0.05, 0.1) is 11.2 Å². The van der Waals surface area contributed by atoms with Gasteiger partial charge in [-0.1, -0.05) is 13.8 Å². The molecule has 0 saturated carbocycles. The number of hydrogen-bond donors (Lipinski definition) is 3. The standard InChI is InChI=1S/C13H13ClN2O2.C2H6/c1-6(17)9-2-8-12-7(4-14)5-15-10(12)3-11(18)13(8)16-9;1-2/h2-3,7,15-16,18H,4-5H2,1H3;1-2H3. The number of phenolic OH excluding ortho intramolecular Hbond substituents is 1. The fraction of sp³-hybridized carbons (Fsp3) is 0.400. The molecule has 1 aliphatic rings. The third kappa shape index (κ3) is 2.24. The molecule has 3 rings (SSSR count). The summed E-state index contributed by atoms with van der Waals surface area (Å²) in [6.07, 6.45) is 0. The van der Waals surface area contributed by atoms with Gasteiger partial charge in [-0.3, -0.25) is 4.79 Å². The van der Waals surface area contributed by atoms with Gasteiger partial charge in [-0.25, -0.2) is 0 Å². The van der Waals surface area contributed by atoms with Crippen LogP contribution in [0, 0.1) is 0 Å². The van der Waals surface area contributed by atoms with Gasteiger partial charge in [0.2, 0.25) is 0 Å². The Morgan fingerprint density at radius 2 is 2.15 bits per heavy atom. The minimum absolute atomic E-state index is 0.0484. The highest BCUT2D eigenvalue weighted by molar-refractivity contribution is 6.18. The lowest BCUT2D eigenvalue weighted by atomic mass is 9.98. The quantitative estimate of drug-likeness (QED) is 0.582. The predicted molar refractivity (Wildman–Crippen MR) is 83.3 cm³/mol. The van der Waals surface area contributed by atoms with Crippen molar-refractivity contribution in [1.82, 2.24) is 4.98 Å². The first kappa shape index (κ1) is 14.7. The van der Waals surface area contributed by atoms with Crippen LogP contribution in [0.3, 0.4) is 0 Å². The van der Waals surface area contributed by atoms with Crippen molar-refractivity contribution >= 4 is 34.0 Å². The molecule has 0 saturated heterocycles. The minimum atomic E-state index is -0.0484. The summed E-state index contributed by atoms with van der Waals surface area (Å²) < 4.78 is 0. The fourth-order valence-corrected chi connectivity index (χ4v) is 2.81. The topological polar surface area (TPSA) is 65.1 Å². The van der Waals surface area contributed by atoms with Gasteiger partial charge in [0.25, 0.3) is 0 Å². The van der Waals surface area contributed by atoms with Gasteiger partial charge in [-0.2, -0.15) is 0 Å². The molecule has 0 radical (unpaired) electrons. The van der Waals surface area contributed by atoms with E-state index in [-0.39, 0.29) is 17.5 Å². The van der Waals surface area contributed by atoms with Gasteiger partial charge in [0, 0.05) is 42.4 Å². The Balaban J connectivity index is 0.000000704. The van der Waals surface area contributed by atoms with Crippen LogP contribution < -0.4 is 5.32 Å². The first-order valence-electron chi connectivity index (χ1n) is 6.81. The summed E-state index contributed by atoms with van der Waals surface area (Å²) in [7, 11) is 0. The van der Waals surface area contributed by atoms with Crippen LogP contribution in [0.25, 0.3) is 10.9 Å². The molecule has 0 fully saturated rings. The number of hydrogen-bond acceptors (Lipinski definition) is 3. The average Bonchev–Trinajstić information content (AvgIpc) is 3.04. The number of carbonyl (C=O) groups is 1. The van der Waals surface area contributed by atoms with Gasteiger partial charge >= 0.3 is 0 Å². The third-order valence-corrected chi connectivity index (χ3v) is 3.82. The number of benzene rings is 1. The molecule has 108 valence electrons. The lowest BCUT2D eigenvalue weighted by molar-refractivity contribution is 0.101. The monoisotopic (exact) mass is 294 g/mol. The normalized spacial score (nSPS) is 16.3. The van der Waals surface area contributed by atoms with E-state index in [1.165, 1.54) is 6.92 Å². The molecule has 0 amide bonds. The Morgan fingerprint density at radius 3 is 2.75 bits per heavy atom. The maximum Gasteiger partial charge on any atom is 0.175 e. The van der Waals surface area contributed by atoms with Crippen LogP contribution in [-0.4, -0.2) is 28.3 Å². The van der Waals surface area contributed by atoms with E-state index in [9.17, 15) is 9.90 Å². The molecule has 1 atom stereocenters. The average molecular weight is 295 g/mol. The molecule has 2 aromatic rings. The summed E-state index contributed by atoms with van der Waals surface area (Å²) in [5.74, 6) is 0.826. The second kappa shape index (κ2) is 5.75.